The van der Waals surface area contributed by atoms with Crippen molar-refractivity contribution in [3.8, 4) is 0 Å². The normalized spacial score (nSPS) is 19.8. The predicted octanol–water partition coefficient (Wildman–Crippen LogP) is 1.59. The van der Waals surface area contributed by atoms with Gasteiger partial charge >= 0.3 is 6.03 Å². The number of carbonyl (C=O) groups excluding carboxylic acids is 1. The highest BCUT2D eigenvalue weighted by atomic mass is 16.5. The van der Waals surface area contributed by atoms with E-state index in [1.54, 1.807) is 4.90 Å². The van der Waals surface area contributed by atoms with Gasteiger partial charge in [0.2, 0.25) is 0 Å². The van der Waals surface area contributed by atoms with Gasteiger partial charge in [-0.3, -0.25) is 4.68 Å². The van der Waals surface area contributed by atoms with Crippen molar-refractivity contribution in [1.82, 2.24) is 20.0 Å². The standard InChI is InChI=1S/C19H24N4O3/c24-19(22-7-10-25-11-8-22)20-12-17-18-16(6-9-26-17)14-23(21-18)13-15-4-2-1-3-5-15/h1-5,14,17H,6-13H2,(H,20,24)/t17-/m0/s1. The van der Waals surface area contributed by atoms with E-state index in [9.17, 15) is 4.79 Å². The maximum atomic E-state index is 12.3. The Balaban J connectivity index is 1.39. The van der Waals surface area contributed by atoms with E-state index < -0.39 is 0 Å². The Morgan fingerprint density at radius 1 is 1.19 bits per heavy atom. The first kappa shape index (κ1) is 17.1. The molecule has 0 bridgehead atoms. The summed E-state index contributed by atoms with van der Waals surface area (Å²) in [5, 5.41) is 7.70. The van der Waals surface area contributed by atoms with E-state index in [-0.39, 0.29) is 12.1 Å². The second-order valence-corrected chi connectivity index (χ2v) is 6.62. The highest BCUT2D eigenvalue weighted by Gasteiger charge is 2.26. The van der Waals surface area contributed by atoms with Crippen LogP contribution >= 0.6 is 0 Å². The molecule has 1 aromatic carbocycles. The summed E-state index contributed by atoms with van der Waals surface area (Å²) in [4.78, 5) is 14.1. The van der Waals surface area contributed by atoms with E-state index in [1.807, 2.05) is 22.9 Å². The number of benzene rings is 1. The number of nitrogens with one attached hydrogen (secondary N) is 1. The van der Waals surface area contributed by atoms with E-state index >= 15 is 0 Å². The molecule has 138 valence electrons. The summed E-state index contributed by atoms with van der Waals surface area (Å²) in [6.07, 6.45) is 2.76. The minimum Gasteiger partial charge on any atom is -0.378 e. The molecule has 2 aromatic rings. The number of ether oxygens (including phenoxy) is 2. The molecule has 7 heteroatoms. The zero-order valence-electron chi connectivity index (χ0n) is 14.8. The van der Waals surface area contributed by atoms with Gasteiger partial charge in [0, 0.05) is 19.3 Å². The largest absolute Gasteiger partial charge is 0.378 e. The highest BCUT2D eigenvalue weighted by molar-refractivity contribution is 5.74. The summed E-state index contributed by atoms with van der Waals surface area (Å²) in [5.74, 6) is 0. The summed E-state index contributed by atoms with van der Waals surface area (Å²) in [6, 6.07) is 10.2. The molecule has 1 N–H and O–H groups in total. The maximum absolute atomic E-state index is 12.3. The molecule has 0 radical (unpaired) electrons. The van der Waals surface area contributed by atoms with Gasteiger partial charge in [-0.05, 0) is 17.5 Å². The lowest BCUT2D eigenvalue weighted by Crippen LogP contribution is -2.47. The van der Waals surface area contributed by atoms with Gasteiger partial charge in [0.1, 0.15) is 6.10 Å². The summed E-state index contributed by atoms with van der Waals surface area (Å²) in [7, 11) is 0. The zero-order valence-corrected chi connectivity index (χ0v) is 14.8. The van der Waals surface area contributed by atoms with Gasteiger partial charge in [-0.1, -0.05) is 30.3 Å². The average molecular weight is 356 g/mol. The zero-order chi connectivity index (χ0) is 17.8. The number of nitrogens with zero attached hydrogens (tertiary/aromatic N) is 3. The minimum absolute atomic E-state index is 0.0623. The van der Waals surface area contributed by atoms with Crippen LogP contribution in [0.5, 0.6) is 0 Å². The molecule has 1 aromatic heterocycles. The third-order valence-corrected chi connectivity index (χ3v) is 4.79. The van der Waals surface area contributed by atoms with E-state index in [0.29, 0.717) is 39.5 Å². The minimum atomic E-state index is -0.194. The molecule has 7 nitrogen and oxygen atoms in total. The molecule has 0 aliphatic carbocycles. The molecular formula is C19H24N4O3. The van der Waals surface area contributed by atoms with Gasteiger partial charge < -0.3 is 19.7 Å². The van der Waals surface area contributed by atoms with Crippen molar-refractivity contribution in [2.24, 2.45) is 0 Å². The quantitative estimate of drug-likeness (QED) is 0.903. The SMILES string of the molecule is O=C(NC[C@@H]1OCCc2cn(Cc3ccccc3)nc21)N1CCOCC1. The lowest BCUT2D eigenvalue weighted by molar-refractivity contribution is 0.0348. The summed E-state index contributed by atoms with van der Waals surface area (Å²) in [6.45, 7) is 4.29. The van der Waals surface area contributed by atoms with Gasteiger partial charge in [0.15, 0.2) is 0 Å². The monoisotopic (exact) mass is 356 g/mol. The van der Waals surface area contributed by atoms with E-state index in [0.717, 1.165) is 18.7 Å². The van der Waals surface area contributed by atoms with Gasteiger partial charge in [0.05, 0.1) is 38.6 Å². The molecule has 1 fully saturated rings. The van der Waals surface area contributed by atoms with Gasteiger partial charge in [-0.25, -0.2) is 4.79 Å². The van der Waals surface area contributed by atoms with Crippen molar-refractivity contribution in [2.75, 3.05) is 39.5 Å². The van der Waals surface area contributed by atoms with Crippen molar-refractivity contribution in [3.05, 3.63) is 53.3 Å². The molecule has 26 heavy (non-hydrogen) atoms. The van der Waals surface area contributed by atoms with Crippen LogP contribution in [-0.2, 0) is 22.4 Å². The first-order chi connectivity index (χ1) is 12.8. The molecule has 2 aliphatic rings. The summed E-state index contributed by atoms with van der Waals surface area (Å²) < 4.78 is 13.1. The van der Waals surface area contributed by atoms with Crippen LogP contribution in [0.3, 0.4) is 0 Å². The van der Waals surface area contributed by atoms with Crippen LogP contribution in [0.1, 0.15) is 22.9 Å². The van der Waals surface area contributed by atoms with Gasteiger partial charge in [0.25, 0.3) is 0 Å². The van der Waals surface area contributed by atoms with Crippen LogP contribution in [0.2, 0.25) is 0 Å². The van der Waals surface area contributed by atoms with Crippen LogP contribution in [0.15, 0.2) is 36.5 Å². The predicted molar refractivity (Wildman–Crippen MR) is 96.0 cm³/mol. The molecular weight excluding hydrogens is 332 g/mol. The third kappa shape index (κ3) is 3.89. The number of aromatic nitrogens is 2. The number of hydrogen-bond acceptors (Lipinski definition) is 4. The van der Waals surface area contributed by atoms with Crippen molar-refractivity contribution >= 4 is 6.03 Å². The molecule has 2 amide bonds. The van der Waals surface area contributed by atoms with Crippen molar-refractivity contribution in [3.63, 3.8) is 0 Å². The Morgan fingerprint density at radius 3 is 2.81 bits per heavy atom. The number of amides is 2. The second kappa shape index (κ2) is 7.88. The number of rotatable bonds is 4. The van der Waals surface area contributed by atoms with E-state index in [2.05, 4.69) is 23.6 Å². The molecule has 3 heterocycles. The highest BCUT2D eigenvalue weighted by Crippen LogP contribution is 2.25. The molecule has 4 rings (SSSR count). The van der Waals surface area contributed by atoms with E-state index in [1.165, 1.54) is 11.1 Å². The number of hydrogen-bond donors (Lipinski definition) is 1. The molecule has 0 saturated carbocycles. The topological polar surface area (TPSA) is 68.6 Å². The average Bonchev–Trinajstić information content (AvgIpc) is 3.10. The van der Waals surface area contributed by atoms with Crippen LogP contribution in [-0.4, -0.2) is 60.2 Å². The molecule has 1 atom stereocenters. The number of fused-ring (bicyclic) bond motifs is 1. The maximum Gasteiger partial charge on any atom is 0.317 e. The Labute approximate surface area is 152 Å². The second-order valence-electron chi connectivity index (χ2n) is 6.62. The van der Waals surface area contributed by atoms with Gasteiger partial charge in [-0.2, -0.15) is 5.10 Å². The van der Waals surface area contributed by atoms with Crippen molar-refractivity contribution in [1.29, 1.82) is 0 Å². The lowest BCUT2D eigenvalue weighted by Gasteiger charge is -2.28. The molecule has 0 unspecified atom stereocenters. The van der Waals surface area contributed by atoms with Crippen molar-refractivity contribution < 1.29 is 14.3 Å². The smallest absolute Gasteiger partial charge is 0.317 e. The fourth-order valence-corrected chi connectivity index (χ4v) is 3.40. The van der Waals surface area contributed by atoms with Crippen LogP contribution in [0.25, 0.3) is 0 Å². The Kier molecular flexibility index (Phi) is 5.17. The van der Waals surface area contributed by atoms with Crippen LogP contribution in [0, 0.1) is 0 Å². The fourth-order valence-electron chi connectivity index (χ4n) is 3.40. The Morgan fingerprint density at radius 2 is 2.00 bits per heavy atom. The number of carbonyl (C=O) groups is 1. The Hall–Kier alpha value is -2.38. The Bertz CT molecular complexity index is 740. The van der Waals surface area contributed by atoms with E-state index in [4.69, 9.17) is 14.6 Å². The number of urea groups is 1. The first-order valence-corrected chi connectivity index (χ1v) is 9.12. The molecule has 2 aliphatic heterocycles. The van der Waals surface area contributed by atoms with Crippen molar-refractivity contribution in [2.45, 2.75) is 19.1 Å². The lowest BCUT2D eigenvalue weighted by atomic mass is 10.1. The van der Waals surface area contributed by atoms with Gasteiger partial charge in [-0.15, -0.1) is 0 Å². The van der Waals surface area contributed by atoms with Crippen LogP contribution < -0.4 is 5.32 Å². The molecule has 0 spiro atoms. The first-order valence-electron chi connectivity index (χ1n) is 9.12. The third-order valence-electron chi connectivity index (χ3n) is 4.79. The van der Waals surface area contributed by atoms with Crippen LogP contribution in [0.4, 0.5) is 4.79 Å². The fraction of sp³-hybridized carbons (Fsp3) is 0.474. The molecule has 1 saturated heterocycles. The number of morpholine rings is 1. The summed E-state index contributed by atoms with van der Waals surface area (Å²) in [5.41, 5.74) is 3.36. The summed E-state index contributed by atoms with van der Waals surface area (Å²) >= 11 is 0.